The molecule has 1 saturated carbocycles. The Bertz CT molecular complexity index is 602. The molecule has 1 aromatic rings. The van der Waals surface area contributed by atoms with Crippen LogP contribution in [0.4, 0.5) is 0 Å². The molecule has 1 aromatic carbocycles. The normalized spacial score (nSPS) is 35.9. The quantitative estimate of drug-likeness (QED) is 0.856. The van der Waals surface area contributed by atoms with Crippen molar-refractivity contribution in [2.45, 2.75) is 49.8 Å². The molecule has 1 amide bonds. The molecule has 2 saturated heterocycles. The van der Waals surface area contributed by atoms with Crippen molar-refractivity contribution >= 4 is 5.91 Å². The zero-order chi connectivity index (χ0) is 17.3. The van der Waals surface area contributed by atoms with Gasteiger partial charge in [0.1, 0.15) is 6.04 Å². The zero-order valence-electron chi connectivity index (χ0n) is 14.7. The van der Waals surface area contributed by atoms with Gasteiger partial charge in [-0.15, -0.1) is 0 Å². The van der Waals surface area contributed by atoms with E-state index in [0.29, 0.717) is 26.2 Å². The van der Waals surface area contributed by atoms with Crippen molar-refractivity contribution < 1.29 is 14.6 Å². The van der Waals surface area contributed by atoms with Crippen LogP contribution in [0.25, 0.3) is 0 Å². The van der Waals surface area contributed by atoms with Gasteiger partial charge in [0.2, 0.25) is 5.91 Å². The highest BCUT2D eigenvalue weighted by Gasteiger charge is 2.50. The van der Waals surface area contributed by atoms with Crippen LogP contribution < -0.4 is 5.32 Å². The molecule has 0 bridgehead atoms. The first-order valence-electron chi connectivity index (χ1n) is 9.60. The number of carbonyl (C=O) groups excluding carboxylic acids is 1. The number of fused-ring (bicyclic) bond motifs is 1. The molecule has 3 fully saturated rings. The Labute approximate surface area is 149 Å². The molecule has 0 aromatic heterocycles. The molecule has 5 heteroatoms. The van der Waals surface area contributed by atoms with Crippen LogP contribution in [0.15, 0.2) is 30.3 Å². The van der Waals surface area contributed by atoms with E-state index in [1.54, 1.807) is 0 Å². The second kappa shape index (κ2) is 7.06. The van der Waals surface area contributed by atoms with E-state index in [0.717, 1.165) is 37.8 Å². The Morgan fingerprint density at radius 1 is 1.24 bits per heavy atom. The standard InChI is InChI=1S/C20H28N2O3/c23-19(17-14-25-13-11-21-17)22-12-10-20(24,15-6-2-1-3-7-15)16-8-4-5-9-18(16)22/h1-3,6-7,16-18,21,24H,4-5,8-14H2/t16-,17+,18+,20-/m0/s1. The van der Waals surface area contributed by atoms with E-state index in [-0.39, 0.29) is 23.9 Å². The van der Waals surface area contributed by atoms with E-state index in [9.17, 15) is 9.90 Å². The minimum atomic E-state index is -0.820. The SMILES string of the molecule is O=C([C@H]1COCCN1)N1CC[C@](O)(c2ccccc2)[C@H]2CCCC[C@H]21. The maximum absolute atomic E-state index is 13.1. The summed E-state index contributed by atoms with van der Waals surface area (Å²) in [6.07, 6.45) is 4.83. The molecule has 2 N–H and O–H groups in total. The predicted octanol–water partition coefficient (Wildman–Crippen LogP) is 1.65. The number of rotatable bonds is 2. The van der Waals surface area contributed by atoms with Gasteiger partial charge >= 0.3 is 0 Å². The Balaban J connectivity index is 1.59. The third-order valence-corrected chi connectivity index (χ3v) is 6.25. The number of nitrogens with zero attached hydrogens (tertiary/aromatic N) is 1. The van der Waals surface area contributed by atoms with Gasteiger partial charge < -0.3 is 20.1 Å². The molecular formula is C20H28N2O3. The van der Waals surface area contributed by atoms with Gasteiger partial charge in [-0.1, -0.05) is 43.2 Å². The van der Waals surface area contributed by atoms with Crippen molar-refractivity contribution in [2.24, 2.45) is 5.92 Å². The van der Waals surface area contributed by atoms with Gasteiger partial charge in [0.05, 0.1) is 18.8 Å². The molecule has 0 radical (unpaired) electrons. The molecule has 2 aliphatic heterocycles. The van der Waals surface area contributed by atoms with Gasteiger partial charge in [0, 0.05) is 25.0 Å². The molecule has 136 valence electrons. The van der Waals surface area contributed by atoms with Crippen LogP contribution in [-0.2, 0) is 15.1 Å². The number of nitrogens with one attached hydrogen (secondary N) is 1. The fourth-order valence-electron chi connectivity index (χ4n) is 4.97. The summed E-state index contributed by atoms with van der Waals surface area (Å²) in [6.45, 7) is 2.47. The summed E-state index contributed by atoms with van der Waals surface area (Å²) in [6, 6.07) is 9.92. The molecule has 0 spiro atoms. The van der Waals surface area contributed by atoms with E-state index in [2.05, 4.69) is 5.32 Å². The van der Waals surface area contributed by atoms with Gasteiger partial charge in [-0.05, 0) is 24.8 Å². The smallest absolute Gasteiger partial charge is 0.242 e. The number of likely N-dealkylation sites (tertiary alicyclic amines) is 1. The second-order valence-corrected chi connectivity index (χ2v) is 7.61. The van der Waals surface area contributed by atoms with Crippen LogP contribution in [0, 0.1) is 5.92 Å². The van der Waals surface area contributed by atoms with Crippen LogP contribution in [0.3, 0.4) is 0 Å². The molecule has 4 atom stereocenters. The van der Waals surface area contributed by atoms with Crippen LogP contribution in [0.5, 0.6) is 0 Å². The molecule has 0 unspecified atom stereocenters. The van der Waals surface area contributed by atoms with E-state index in [1.165, 1.54) is 0 Å². The van der Waals surface area contributed by atoms with Crippen LogP contribution in [-0.4, -0.2) is 54.3 Å². The molecule has 2 heterocycles. The summed E-state index contributed by atoms with van der Waals surface area (Å²) >= 11 is 0. The van der Waals surface area contributed by atoms with Crippen molar-refractivity contribution in [1.29, 1.82) is 0 Å². The van der Waals surface area contributed by atoms with Gasteiger partial charge in [-0.3, -0.25) is 4.79 Å². The van der Waals surface area contributed by atoms with Crippen LogP contribution in [0.1, 0.15) is 37.7 Å². The van der Waals surface area contributed by atoms with Gasteiger partial charge in [0.25, 0.3) is 0 Å². The number of aliphatic hydroxyl groups is 1. The lowest BCUT2D eigenvalue weighted by Gasteiger charge is -2.53. The van der Waals surface area contributed by atoms with Crippen molar-refractivity contribution in [3.05, 3.63) is 35.9 Å². The average Bonchev–Trinajstić information content (AvgIpc) is 2.69. The lowest BCUT2D eigenvalue weighted by atomic mass is 9.66. The van der Waals surface area contributed by atoms with Crippen LogP contribution in [0.2, 0.25) is 0 Å². The minimum absolute atomic E-state index is 0.117. The number of morpholine rings is 1. The highest BCUT2D eigenvalue weighted by Crippen LogP contribution is 2.47. The lowest BCUT2D eigenvalue weighted by Crippen LogP contribution is -2.63. The third kappa shape index (κ3) is 3.09. The third-order valence-electron chi connectivity index (χ3n) is 6.25. The summed E-state index contributed by atoms with van der Waals surface area (Å²) < 4.78 is 5.48. The highest BCUT2D eigenvalue weighted by molar-refractivity contribution is 5.82. The molecule has 3 aliphatic rings. The fourth-order valence-corrected chi connectivity index (χ4v) is 4.97. The first kappa shape index (κ1) is 17.0. The molecule has 5 nitrogen and oxygen atoms in total. The van der Waals surface area contributed by atoms with Crippen molar-refractivity contribution in [3.8, 4) is 0 Å². The topological polar surface area (TPSA) is 61.8 Å². The van der Waals surface area contributed by atoms with Crippen LogP contribution >= 0.6 is 0 Å². The van der Waals surface area contributed by atoms with E-state index in [1.807, 2.05) is 35.2 Å². The monoisotopic (exact) mass is 344 g/mol. The van der Waals surface area contributed by atoms with Crippen molar-refractivity contribution in [2.75, 3.05) is 26.3 Å². The summed E-state index contributed by atoms with van der Waals surface area (Å²) in [5.41, 5.74) is 0.178. The van der Waals surface area contributed by atoms with Gasteiger partial charge in [-0.2, -0.15) is 0 Å². The zero-order valence-corrected chi connectivity index (χ0v) is 14.7. The Morgan fingerprint density at radius 2 is 2.04 bits per heavy atom. The summed E-state index contributed by atoms with van der Waals surface area (Å²) in [5.74, 6) is 0.262. The largest absolute Gasteiger partial charge is 0.385 e. The highest BCUT2D eigenvalue weighted by atomic mass is 16.5. The van der Waals surface area contributed by atoms with Gasteiger partial charge in [-0.25, -0.2) is 0 Å². The van der Waals surface area contributed by atoms with Gasteiger partial charge in [0.15, 0.2) is 0 Å². The van der Waals surface area contributed by atoms with Crippen molar-refractivity contribution in [1.82, 2.24) is 10.2 Å². The Hall–Kier alpha value is -1.43. The number of benzene rings is 1. The Morgan fingerprint density at radius 3 is 2.80 bits per heavy atom. The molecular weight excluding hydrogens is 316 g/mol. The number of piperidine rings is 1. The summed E-state index contributed by atoms with van der Waals surface area (Å²) in [4.78, 5) is 15.1. The average molecular weight is 344 g/mol. The minimum Gasteiger partial charge on any atom is -0.385 e. The maximum atomic E-state index is 13.1. The van der Waals surface area contributed by atoms with E-state index >= 15 is 0 Å². The lowest BCUT2D eigenvalue weighted by molar-refractivity contribution is -0.159. The Kier molecular flexibility index (Phi) is 4.80. The first-order chi connectivity index (χ1) is 12.2. The summed E-state index contributed by atoms with van der Waals surface area (Å²) in [7, 11) is 0. The van der Waals surface area contributed by atoms with E-state index < -0.39 is 5.60 Å². The fraction of sp³-hybridized carbons (Fsp3) is 0.650. The number of hydrogen-bond acceptors (Lipinski definition) is 4. The second-order valence-electron chi connectivity index (χ2n) is 7.61. The maximum Gasteiger partial charge on any atom is 0.242 e. The molecule has 1 aliphatic carbocycles. The molecule has 4 rings (SSSR count). The molecule has 25 heavy (non-hydrogen) atoms. The number of ether oxygens (including phenoxy) is 1. The summed E-state index contributed by atoms with van der Waals surface area (Å²) in [5, 5.41) is 14.9. The number of carbonyl (C=O) groups is 1. The van der Waals surface area contributed by atoms with Crippen molar-refractivity contribution in [3.63, 3.8) is 0 Å². The number of hydrogen-bond donors (Lipinski definition) is 2. The first-order valence-corrected chi connectivity index (χ1v) is 9.60. The van der Waals surface area contributed by atoms with E-state index in [4.69, 9.17) is 4.74 Å². The number of amides is 1. The predicted molar refractivity (Wildman–Crippen MR) is 95.0 cm³/mol.